The van der Waals surface area contributed by atoms with E-state index in [-0.39, 0.29) is 6.04 Å². The Hall–Kier alpha value is -2.72. The fraction of sp³-hybridized carbons (Fsp3) is 0.476. The maximum absolute atomic E-state index is 12.5. The largest absolute Gasteiger partial charge is 0.416 e. The molecule has 2 aromatic rings. The summed E-state index contributed by atoms with van der Waals surface area (Å²) < 4.78 is 38.7. The zero-order chi connectivity index (χ0) is 22.6. The second-order valence-corrected chi connectivity index (χ2v) is 7.57. The van der Waals surface area contributed by atoms with E-state index in [4.69, 9.17) is 0 Å². The first-order valence-corrected chi connectivity index (χ1v) is 10.1. The molecule has 1 aliphatic rings. The van der Waals surface area contributed by atoms with Crippen LogP contribution in [0.25, 0.3) is 0 Å². The molecule has 10 heteroatoms. The topological polar surface area (TPSA) is 69.8 Å². The molecular formula is C21H27F3N6O. The highest BCUT2D eigenvalue weighted by Crippen LogP contribution is 2.26. The van der Waals surface area contributed by atoms with Crippen molar-refractivity contribution in [2.45, 2.75) is 38.7 Å². The van der Waals surface area contributed by atoms with Crippen LogP contribution in [0.4, 0.5) is 24.7 Å². The summed E-state index contributed by atoms with van der Waals surface area (Å²) in [7, 11) is 0. The van der Waals surface area contributed by atoms with Gasteiger partial charge in [-0.15, -0.1) is 0 Å². The average Bonchev–Trinajstić information content (AvgIpc) is 3.20. The SMILES string of the molecule is C=C/C=N\c1nc([C@H](C)N2CCN(c3cnn(CC(O)C(F)(F)F)c3)CC2)ccc1C. The first-order valence-electron chi connectivity index (χ1n) is 10.1. The van der Waals surface area contributed by atoms with E-state index in [0.29, 0.717) is 18.9 Å². The van der Waals surface area contributed by atoms with E-state index >= 15 is 0 Å². The Morgan fingerprint density at radius 1 is 1.26 bits per heavy atom. The maximum atomic E-state index is 12.5. The predicted molar refractivity (Wildman–Crippen MR) is 114 cm³/mol. The number of aryl methyl sites for hydroxylation is 1. The molecule has 3 heterocycles. The summed E-state index contributed by atoms with van der Waals surface area (Å²) >= 11 is 0. The summed E-state index contributed by atoms with van der Waals surface area (Å²) in [6.07, 6.45) is -0.777. The molecule has 0 aromatic carbocycles. The minimum Gasteiger partial charge on any atom is -0.382 e. The molecule has 1 aliphatic heterocycles. The van der Waals surface area contributed by atoms with Gasteiger partial charge in [0.25, 0.3) is 0 Å². The molecule has 1 unspecified atom stereocenters. The molecular weight excluding hydrogens is 409 g/mol. The molecule has 31 heavy (non-hydrogen) atoms. The molecule has 168 valence electrons. The molecule has 2 aromatic heterocycles. The van der Waals surface area contributed by atoms with Crippen molar-refractivity contribution in [3.05, 3.63) is 48.4 Å². The second kappa shape index (κ2) is 9.61. The van der Waals surface area contributed by atoms with Gasteiger partial charge < -0.3 is 10.0 Å². The van der Waals surface area contributed by atoms with Crippen LogP contribution in [0, 0.1) is 6.92 Å². The summed E-state index contributed by atoms with van der Waals surface area (Å²) in [4.78, 5) is 13.4. The van der Waals surface area contributed by atoms with E-state index in [1.165, 1.54) is 6.20 Å². The number of aliphatic imine (C=N–C) groups is 1. The quantitative estimate of drug-likeness (QED) is 0.675. The van der Waals surface area contributed by atoms with E-state index < -0.39 is 18.8 Å². The van der Waals surface area contributed by atoms with Crippen LogP contribution in [0.3, 0.4) is 0 Å². The van der Waals surface area contributed by atoms with Crippen LogP contribution >= 0.6 is 0 Å². The van der Waals surface area contributed by atoms with Crippen molar-refractivity contribution >= 4 is 17.7 Å². The van der Waals surface area contributed by atoms with Gasteiger partial charge in [-0.25, -0.2) is 9.98 Å². The van der Waals surface area contributed by atoms with Gasteiger partial charge in [-0.3, -0.25) is 9.58 Å². The lowest BCUT2D eigenvalue weighted by Crippen LogP contribution is -2.47. The van der Waals surface area contributed by atoms with E-state index in [2.05, 4.69) is 38.4 Å². The number of aliphatic hydroxyl groups excluding tert-OH is 1. The van der Waals surface area contributed by atoms with Crippen molar-refractivity contribution in [2.75, 3.05) is 31.1 Å². The zero-order valence-electron chi connectivity index (χ0n) is 17.6. The molecule has 0 saturated carbocycles. The van der Waals surface area contributed by atoms with Crippen LogP contribution < -0.4 is 4.90 Å². The number of aliphatic hydroxyl groups is 1. The summed E-state index contributed by atoms with van der Waals surface area (Å²) in [5.41, 5.74) is 2.67. The highest BCUT2D eigenvalue weighted by atomic mass is 19.4. The number of allylic oxidation sites excluding steroid dienone is 1. The fourth-order valence-electron chi connectivity index (χ4n) is 3.47. The lowest BCUT2D eigenvalue weighted by atomic mass is 10.1. The first-order chi connectivity index (χ1) is 14.7. The lowest BCUT2D eigenvalue weighted by molar-refractivity contribution is -0.208. The Labute approximate surface area is 179 Å². The number of halogens is 3. The van der Waals surface area contributed by atoms with Crippen molar-refractivity contribution in [1.82, 2.24) is 19.7 Å². The number of pyridine rings is 1. The van der Waals surface area contributed by atoms with Crippen LogP contribution in [0.2, 0.25) is 0 Å². The Bertz CT molecular complexity index is 918. The second-order valence-electron chi connectivity index (χ2n) is 7.57. The van der Waals surface area contributed by atoms with E-state index in [1.807, 2.05) is 19.1 Å². The van der Waals surface area contributed by atoms with Crippen molar-refractivity contribution in [3.63, 3.8) is 0 Å². The molecule has 0 spiro atoms. The van der Waals surface area contributed by atoms with Gasteiger partial charge in [-0.05, 0) is 25.5 Å². The number of hydrogen-bond donors (Lipinski definition) is 1. The van der Waals surface area contributed by atoms with Crippen LogP contribution in [0.15, 0.2) is 42.2 Å². The number of piperazine rings is 1. The highest BCUT2D eigenvalue weighted by Gasteiger charge is 2.38. The van der Waals surface area contributed by atoms with Gasteiger partial charge in [0.1, 0.15) is 0 Å². The Morgan fingerprint density at radius 3 is 2.61 bits per heavy atom. The molecule has 0 radical (unpaired) electrons. The number of rotatable bonds is 7. The molecule has 3 rings (SSSR count). The van der Waals surface area contributed by atoms with Gasteiger partial charge in [0, 0.05) is 44.6 Å². The summed E-state index contributed by atoms with van der Waals surface area (Å²) in [6, 6.07) is 4.12. The number of nitrogens with zero attached hydrogens (tertiary/aromatic N) is 6. The zero-order valence-corrected chi connectivity index (χ0v) is 17.6. The van der Waals surface area contributed by atoms with Gasteiger partial charge in [0.05, 0.1) is 24.1 Å². The smallest absolute Gasteiger partial charge is 0.382 e. The highest BCUT2D eigenvalue weighted by molar-refractivity contribution is 5.73. The van der Waals surface area contributed by atoms with Gasteiger partial charge >= 0.3 is 6.18 Å². The maximum Gasteiger partial charge on any atom is 0.416 e. The van der Waals surface area contributed by atoms with Crippen LogP contribution in [0.5, 0.6) is 0 Å². The summed E-state index contributed by atoms with van der Waals surface area (Å²) in [6.45, 7) is 10.1. The van der Waals surface area contributed by atoms with E-state index in [9.17, 15) is 18.3 Å². The van der Waals surface area contributed by atoms with Crippen molar-refractivity contribution in [2.24, 2.45) is 4.99 Å². The van der Waals surface area contributed by atoms with Crippen LogP contribution in [-0.4, -0.2) is 69.4 Å². The van der Waals surface area contributed by atoms with Gasteiger partial charge in [-0.2, -0.15) is 18.3 Å². The molecule has 2 atom stereocenters. The summed E-state index contributed by atoms with van der Waals surface area (Å²) in [5, 5.41) is 13.2. The summed E-state index contributed by atoms with van der Waals surface area (Å²) in [5.74, 6) is 0.677. The third-order valence-corrected chi connectivity index (χ3v) is 5.41. The third kappa shape index (κ3) is 5.71. The third-order valence-electron chi connectivity index (χ3n) is 5.41. The van der Waals surface area contributed by atoms with Gasteiger partial charge in [-0.1, -0.05) is 18.7 Å². The van der Waals surface area contributed by atoms with Gasteiger partial charge in [0.2, 0.25) is 0 Å². The number of alkyl halides is 3. The molecule has 0 bridgehead atoms. The lowest BCUT2D eigenvalue weighted by Gasteiger charge is -2.38. The standard InChI is InChI=1S/C21H27F3N6O/c1-4-7-25-20-15(2)5-6-18(27-20)16(3)28-8-10-29(11-9-28)17-12-26-30(13-17)14-19(31)21(22,23)24/h4-7,12-13,16,19,31H,1,8-11,14H2,2-3H3/b25-7-/t16-,19?/m0/s1. The first kappa shape index (κ1) is 23.0. The Morgan fingerprint density at radius 2 is 1.97 bits per heavy atom. The van der Waals surface area contributed by atoms with Crippen LogP contribution in [0.1, 0.15) is 24.2 Å². The number of aromatic nitrogens is 3. The molecule has 1 fully saturated rings. The average molecular weight is 436 g/mol. The molecule has 7 nitrogen and oxygen atoms in total. The van der Waals surface area contributed by atoms with E-state index in [1.54, 1.807) is 18.5 Å². The van der Waals surface area contributed by atoms with Gasteiger partial charge in [0.15, 0.2) is 11.9 Å². The van der Waals surface area contributed by atoms with Crippen LogP contribution in [-0.2, 0) is 6.54 Å². The monoisotopic (exact) mass is 436 g/mol. The minimum atomic E-state index is -4.66. The van der Waals surface area contributed by atoms with Crippen molar-refractivity contribution < 1.29 is 18.3 Å². The number of anilines is 1. The number of hydrogen-bond acceptors (Lipinski definition) is 6. The Kier molecular flexibility index (Phi) is 7.11. The van der Waals surface area contributed by atoms with Crippen molar-refractivity contribution in [1.29, 1.82) is 0 Å². The molecule has 0 amide bonds. The molecule has 0 aliphatic carbocycles. The normalized spacial score (nSPS) is 17.8. The van der Waals surface area contributed by atoms with Crippen molar-refractivity contribution in [3.8, 4) is 0 Å². The Balaban J connectivity index is 1.60. The predicted octanol–water partition coefficient (Wildman–Crippen LogP) is 3.28. The molecule has 1 saturated heterocycles. The fourth-order valence-corrected chi connectivity index (χ4v) is 3.47. The molecule has 1 N–H and O–H groups in total. The van der Waals surface area contributed by atoms with E-state index in [0.717, 1.165) is 34.7 Å². The minimum absolute atomic E-state index is 0.102.